The quantitative estimate of drug-likeness (QED) is 0.0665. The normalized spacial score (nSPS) is 12.1. The van der Waals surface area contributed by atoms with Crippen molar-refractivity contribution in [3.05, 3.63) is 0 Å². The molecule has 5 heteroatoms. The minimum atomic E-state index is -0.952. The third-order valence-electron chi connectivity index (χ3n) is 7.77. The predicted octanol–water partition coefficient (Wildman–Crippen LogP) is 10.3. The van der Waals surface area contributed by atoms with Crippen molar-refractivity contribution in [2.24, 2.45) is 5.92 Å². The van der Waals surface area contributed by atoms with Crippen LogP contribution >= 0.6 is 0 Å². The molecule has 0 rings (SSSR count). The maximum absolute atomic E-state index is 11.9. The molecule has 0 aliphatic carbocycles. The van der Waals surface area contributed by atoms with E-state index in [0.717, 1.165) is 38.0 Å². The zero-order chi connectivity index (χ0) is 29.5. The molecule has 1 N–H and O–H groups in total. The lowest BCUT2D eigenvalue weighted by Gasteiger charge is -2.12. The first-order chi connectivity index (χ1) is 19.5. The molecule has 1 atom stereocenters. The van der Waals surface area contributed by atoms with Crippen LogP contribution in [0.1, 0.15) is 188 Å². The zero-order valence-corrected chi connectivity index (χ0v) is 27.0. The number of ether oxygens (including phenoxy) is 2. The average Bonchev–Trinajstić information content (AvgIpc) is 2.93. The van der Waals surface area contributed by atoms with Gasteiger partial charge in [-0.05, 0) is 18.8 Å². The number of carbonyl (C=O) groups excluding carboxylic acids is 2. The second kappa shape index (κ2) is 30.8. The highest BCUT2D eigenvalue weighted by atomic mass is 16.6. The van der Waals surface area contributed by atoms with Crippen molar-refractivity contribution < 1.29 is 24.2 Å². The Bertz CT molecular complexity index is 548. The summed E-state index contributed by atoms with van der Waals surface area (Å²) < 4.78 is 10.2. The van der Waals surface area contributed by atoms with Gasteiger partial charge < -0.3 is 14.6 Å². The van der Waals surface area contributed by atoms with Gasteiger partial charge in [-0.1, -0.05) is 162 Å². The summed E-state index contributed by atoms with van der Waals surface area (Å²) >= 11 is 0. The second-order valence-electron chi connectivity index (χ2n) is 12.5. The Kier molecular flexibility index (Phi) is 30.0. The Morgan fingerprint density at radius 3 is 1.12 bits per heavy atom. The number of aliphatic hydroxyl groups is 1. The van der Waals surface area contributed by atoms with Gasteiger partial charge in [-0.15, -0.1) is 0 Å². The van der Waals surface area contributed by atoms with Crippen molar-refractivity contribution in [3.63, 3.8) is 0 Å². The highest BCUT2D eigenvalue weighted by Crippen LogP contribution is 2.15. The summed E-state index contributed by atoms with van der Waals surface area (Å²) in [4.78, 5) is 23.7. The second-order valence-corrected chi connectivity index (χ2v) is 12.5. The van der Waals surface area contributed by atoms with Crippen LogP contribution in [0.25, 0.3) is 0 Å². The van der Waals surface area contributed by atoms with Gasteiger partial charge in [0.25, 0.3) is 0 Å². The van der Waals surface area contributed by atoms with Gasteiger partial charge in [0.15, 0.2) is 0 Å². The zero-order valence-electron chi connectivity index (χ0n) is 27.0. The van der Waals surface area contributed by atoms with Crippen molar-refractivity contribution in [1.29, 1.82) is 0 Å². The van der Waals surface area contributed by atoms with E-state index in [9.17, 15) is 14.7 Å². The molecule has 0 heterocycles. The van der Waals surface area contributed by atoms with Crippen LogP contribution in [0, 0.1) is 5.92 Å². The van der Waals surface area contributed by atoms with E-state index in [2.05, 4.69) is 20.8 Å². The fourth-order valence-electron chi connectivity index (χ4n) is 5.09. The molecule has 0 bridgehead atoms. The van der Waals surface area contributed by atoms with Crippen molar-refractivity contribution in [2.75, 3.05) is 13.2 Å². The van der Waals surface area contributed by atoms with Crippen LogP contribution in [0.5, 0.6) is 0 Å². The van der Waals surface area contributed by atoms with Crippen LogP contribution in [0.15, 0.2) is 0 Å². The standard InChI is InChI=1S/C35H68O5/c1-4-5-6-7-18-22-25-28-34(37)39-30-33(36)31-40-35(38)29-26-23-20-17-15-13-11-9-8-10-12-14-16-19-21-24-27-32(2)3/h32-33,36H,4-31H2,1-3H3/t33-/m1/s1. The topological polar surface area (TPSA) is 72.8 Å². The van der Waals surface area contributed by atoms with Crippen molar-refractivity contribution in [1.82, 2.24) is 0 Å². The van der Waals surface area contributed by atoms with Gasteiger partial charge in [0.1, 0.15) is 19.3 Å². The van der Waals surface area contributed by atoms with Gasteiger partial charge in [-0.3, -0.25) is 9.59 Å². The summed E-state index contributed by atoms with van der Waals surface area (Å²) in [7, 11) is 0. The van der Waals surface area contributed by atoms with Crippen LogP contribution in [-0.2, 0) is 19.1 Å². The van der Waals surface area contributed by atoms with Gasteiger partial charge in [0, 0.05) is 12.8 Å². The van der Waals surface area contributed by atoms with Gasteiger partial charge >= 0.3 is 11.9 Å². The molecule has 0 aromatic heterocycles. The number of rotatable bonds is 31. The fourth-order valence-corrected chi connectivity index (χ4v) is 5.09. The molecular weight excluding hydrogens is 500 g/mol. The summed E-state index contributed by atoms with van der Waals surface area (Å²) in [6.07, 6.45) is 30.2. The van der Waals surface area contributed by atoms with Crippen LogP contribution in [-0.4, -0.2) is 36.4 Å². The molecule has 0 amide bonds. The van der Waals surface area contributed by atoms with Crippen molar-refractivity contribution in [3.8, 4) is 0 Å². The summed E-state index contributed by atoms with van der Waals surface area (Å²) in [5.74, 6) is 0.297. The molecule has 0 aromatic rings. The maximum Gasteiger partial charge on any atom is 0.305 e. The minimum Gasteiger partial charge on any atom is -0.463 e. The SMILES string of the molecule is CCCCCCCCCC(=O)OC[C@@H](O)COC(=O)CCCCCCCCCCCCCCCCCCC(C)C. The maximum atomic E-state index is 11.9. The monoisotopic (exact) mass is 569 g/mol. The van der Waals surface area contributed by atoms with E-state index < -0.39 is 6.10 Å². The number of carbonyl (C=O) groups is 2. The first kappa shape index (κ1) is 38.9. The molecule has 0 aliphatic heterocycles. The third-order valence-corrected chi connectivity index (χ3v) is 7.77. The van der Waals surface area contributed by atoms with E-state index in [-0.39, 0.29) is 25.2 Å². The van der Waals surface area contributed by atoms with E-state index in [1.54, 1.807) is 0 Å². The molecule has 0 radical (unpaired) electrons. The Morgan fingerprint density at radius 1 is 0.500 bits per heavy atom. The predicted molar refractivity (Wildman–Crippen MR) is 168 cm³/mol. The number of hydrogen-bond donors (Lipinski definition) is 1. The Balaban J connectivity index is 3.35. The van der Waals surface area contributed by atoms with Crippen molar-refractivity contribution >= 4 is 11.9 Å². The minimum absolute atomic E-state index is 0.109. The average molecular weight is 569 g/mol. The van der Waals surface area contributed by atoms with Crippen LogP contribution in [0.4, 0.5) is 0 Å². The number of hydrogen-bond acceptors (Lipinski definition) is 5. The number of esters is 2. The molecule has 0 saturated carbocycles. The molecule has 238 valence electrons. The van der Waals surface area contributed by atoms with Crippen molar-refractivity contribution in [2.45, 2.75) is 194 Å². The Morgan fingerprint density at radius 2 is 0.800 bits per heavy atom. The van der Waals surface area contributed by atoms with E-state index in [0.29, 0.717) is 12.8 Å². The lowest BCUT2D eigenvalue weighted by Crippen LogP contribution is -2.25. The number of aliphatic hydroxyl groups excluding tert-OH is 1. The lowest BCUT2D eigenvalue weighted by atomic mass is 10.0. The van der Waals surface area contributed by atoms with Crippen LogP contribution < -0.4 is 0 Å². The van der Waals surface area contributed by atoms with Gasteiger partial charge in [0.05, 0.1) is 0 Å². The van der Waals surface area contributed by atoms with E-state index in [1.807, 2.05) is 0 Å². The summed E-state index contributed by atoms with van der Waals surface area (Å²) in [5, 5.41) is 9.92. The van der Waals surface area contributed by atoms with E-state index in [1.165, 1.54) is 122 Å². The molecule has 0 aliphatic rings. The lowest BCUT2D eigenvalue weighted by molar-refractivity contribution is -0.152. The Labute approximate surface area is 248 Å². The molecule has 0 spiro atoms. The summed E-state index contributed by atoms with van der Waals surface area (Å²) in [5.41, 5.74) is 0. The highest BCUT2D eigenvalue weighted by Gasteiger charge is 2.12. The van der Waals surface area contributed by atoms with Crippen LogP contribution in [0.2, 0.25) is 0 Å². The summed E-state index contributed by atoms with van der Waals surface area (Å²) in [6.45, 7) is 6.62. The molecule has 0 fully saturated rings. The smallest absolute Gasteiger partial charge is 0.305 e. The molecule has 0 unspecified atom stereocenters. The molecule has 5 nitrogen and oxygen atoms in total. The number of unbranched alkanes of at least 4 members (excludes halogenated alkanes) is 21. The first-order valence-electron chi connectivity index (χ1n) is 17.4. The molecular formula is C35H68O5. The fraction of sp³-hybridized carbons (Fsp3) is 0.943. The summed E-state index contributed by atoms with van der Waals surface area (Å²) in [6, 6.07) is 0. The van der Waals surface area contributed by atoms with Gasteiger partial charge in [-0.25, -0.2) is 0 Å². The molecule has 40 heavy (non-hydrogen) atoms. The van der Waals surface area contributed by atoms with Crippen LogP contribution in [0.3, 0.4) is 0 Å². The third kappa shape index (κ3) is 31.4. The van der Waals surface area contributed by atoms with Gasteiger partial charge in [-0.2, -0.15) is 0 Å². The highest BCUT2D eigenvalue weighted by molar-refractivity contribution is 5.69. The molecule has 0 aromatic carbocycles. The molecule has 0 saturated heterocycles. The first-order valence-corrected chi connectivity index (χ1v) is 17.4. The van der Waals surface area contributed by atoms with E-state index >= 15 is 0 Å². The van der Waals surface area contributed by atoms with Gasteiger partial charge in [0.2, 0.25) is 0 Å². The Hall–Kier alpha value is -1.10. The largest absolute Gasteiger partial charge is 0.463 e. The van der Waals surface area contributed by atoms with E-state index in [4.69, 9.17) is 9.47 Å².